The summed E-state index contributed by atoms with van der Waals surface area (Å²) in [5.41, 5.74) is 1.20. The largest absolute Gasteiger partial charge is 0.336 e. The van der Waals surface area contributed by atoms with Crippen LogP contribution in [0.3, 0.4) is 0 Å². The van der Waals surface area contributed by atoms with Gasteiger partial charge in [-0.15, -0.1) is 11.3 Å². The minimum Gasteiger partial charge on any atom is -0.336 e. The SMILES string of the molecule is O=C(c1nc2ccccc2s1)N1CCS[C@H](c2cc(F)ccc2F)CC1. The van der Waals surface area contributed by atoms with Crippen LogP contribution in [0.15, 0.2) is 42.5 Å². The zero-order valence-corrected chi connectivity index (χ0v) is 15.5. The predicted molar refractivity (Wildman–Crippen MR) is 102 cm³/mol. The first-order valence-electron chi connectivity index (χ1n) is 8.33. The molecular formula is C19H16F2N2OS2. The molecule has 1 aliphatic heterocycles. The summed E-state index contributed by atoms with van der Waals surface area (Å²) in [6.07, 6.45) is 0.585. The maximum atomic E-state index is 14.1. The third-order valence-electron chi connectivity index (χ3n) is 4.41. The van der Waals surface area contributed by atoms with Crippen LogP contribution in [0.4, 0.5) is 8.78 Å². The van der Waals surface area contributed by atoms with Crippen LogP contribution in [0.1, 0.15) is 27.0 Å². The number of thioether (sulfide) groups is 1. The predicted octanol–water partition coefficient (Wildman–Crippen LogP) is 4.89. The lowest BCUT2D eigenvalue weighted by atomic mass is 10.1. The maximum absolute atomic E-state index is 14.1. The van der Waals surface area contributed by atoms with Crippen molar-refractivity contribution in [1.82, 2.24) is 9.88 Å². The molecule has 4 rings (SSSR count). The van der Waals surface area contributed by atoms with Crippen molar-refractivity contribution in [2.75, 3.05) is 18.8 Å². The van der Waals surface area contributed by atoms with Crippen molar-refractivity contribution in [3.63, 3.8) is 0 Å². The van der Waals surface area contributed by atoms with E-state index >= 15 is 0 Å². The smallest absolute Gasteiger partial charge is 0.282 e. The number of aromatic nitrogens is 1. The Kier molecular flexibility index (Phi) is 4.91. The molecule has 134 valence electrons. The highest BCUT2D eigenvalue weighted by atomic mass is 32.2. The van der Waals surface area contributed by atoms with Crippen LogP contribution < -0.4 is 0 Å². The van der Waals surface area contributed by atoms with E-state index in [1.165, 1.54) is 23.5 Å². The Morgan fingerprint density at radius 3 is 2.85 bits per heavy atom. The van der Waals surface area contributed by atoms with Crippen molar-refractivity contribution in [1.29, 1.82) is 0 Å². The van der Waals surface area contributed by atoms with Crippen molar-refractivity contribution in [2.45, 2.75) is 11.7 Å². The lowest BCUT2D eigenvalue weighted by Crippen LogP contribution is -2.32. The summed E-state index contributed by atoms with van der Waals surface area (Å²) in [4.78, 5) is 19.0. The summed E-state index contributed by atoms with van der Waals surface area (Å²) in [5, 5.41) is 0.324. The Morgan fingerprint density at radius 2 is 2.00 bits per heavy atom. The molecule has 0 saturated carbocycles. The van der Waals surface area contributed by atoms with Gasteiger partial charge in [-0.1, -0.05) is 12.1 Å². The highest BCUT2D eigenvalue weighted by Gasteiger charge is 2.26. The van der Waals surface area contributed by atoms with Gasteiger partial charge in [0.1, 0.15) is 11.6 Å². The third kappa shape index (κ3) is 3.46. The van der Waals surface area contributed by atoms with Crippen molar-refractivity contribution >= 4 is 39.2 Å². The number of hydrogen-bond acceptors (Lipinski definition) is 4. The minimum absolute atomic E-state index is 0.0906. The summed E-state index contributed by atoms with van der Waals surface area (Å²) in [6, 6.07) is 11.2. The molecule has 26 heavy (non-hydrogen) atoms. The number of hydrogen-bond donors (Lipinski definition) is 0. The molecule has 1 amide bonds. The minimum atomic E-state index is -0.436. The molecule has 1 aliphatic rings. The summed E-state index contributed by atoms with van der Waals surface area (Å²) in [5.74, 6) is -0.243. The summed E-state index contributed by atoms with van der Waals surface area (Å²) < 4.78 is 28.5. The van der Waals surface area contributed by atoms with Gasteiger partial charge in [0.25, 0.3) is 5.91 Å². The molecule has 0 radical (unpaired) electrons. The Morgan fingerprint density at radius 1 is 1.15 bits per heavy atom. The number of carbonyl (C=O) groups excluding carboxylic acids is 1. The first-order valence-corrected chi connectivity index (χ1v) is 10.2. The second kappa shape index (κ2) is 7.32. The number of thiazole rings is 1. The summed E-state index contributed by atoms with van der Waals surface area (Å²) in [6.45, 7) is 1.08. The van der Waals surface area contributed by atoms with Gasteiger partial charge in [0.15, 0.2) is 5.01 Å². The lowest BCUT2D eigenvalue weighted by molar-refractivity contribution is 0.0766. The number of rotatable bonds is 2. The van der Waals surface area contributed by atoms with E-state index in [1.807, 2.05) is 24.3 Å². The highest BCUT2D eigenvalue weighted by molar-refractivity contribution is 7.99. The highest BCUT2D eigenvalue weighted by Crippen LogP contribution is 2.36. The van der Waals surface area contributed by atoms with Gasteiger partial charge in [-0.3, -0.25) is 4.79 Å². The molecular weight excluding hydrogens is 374 g/mol. The van der Waals surface area contributed by atoms with Crippen molar-refractivity contribution in [3.05, 3.63) is 64.7 Å². The summed E-state index contributed by atoms with van der Waals surface area (Å²) in [7, 11) is 0. The Hall–Kier alpha value is -1.99. The molecule has 1 aromatic heterocycles. The molecule has 2 heterocycles. The molecule has 0 bridgehead atoms. The number of nitrogens with zero attached hydrogens (tertiary/aromatic N) is 2. The van der Waals surface area contributed by atoms with E-state index in [0.717, 1.165) is 16.3 Å². The molecule has 7 heteroatoms. The summed E-state index contributed by atoms with van der Waals surface area (Å²) >= 11 is 2.95. The Bertz CT molecular complexity index is 927. The van der Waals surface area contributed by atoms with Crippen LogP contribution in [0.2, 0.25) is 0 Å². The second-order valence-electron chi connectivity index (χ2n) is 6.09. The van der Waals surface area contributed by atoms with Crippen molar-refractivity contribution < 1.29 is 13.6 Å². The number of halogens is 2. The van der Waals surface area contributed by atoms with E-state index in [9.17, 15) is 13.6 Å². The number of para-hydroxylation sites is 1. The first kappa shape index (κ1) is 17.4. The molecule has 3 aromatic rings. The van der Waals surface area contributed by atoms with Crippen LogP contribution in [0, 0.1) is 11.6 Å². The zero-order chi connectivity index (χ0) is 18.1. The second-order valence-corrected chi connectivity index (χ2v) is 8.43. The maximum Gasteiger partial charge on any atom is 0.282 e. The average molecular weight is 390 g/mol. The quantitative estimate of drug-likeness (QED) is 0.624. The molecule has 0 unspecified atom stereocenters. The molecule has 1 fully saturated rings. The molecule has 3 nitrogen and oxygen atoms in total. The normalized spacial score (nSPS) is 18.1. The van der Waals surface area contributed by atoms with Crippen LogP contribution in [-0.4, -0.2) is 34.6 Å². The molecule has 1 atom stereocenters. The van der Waals surface area contributed by atoms with E-state index in [4.69, 9.17) is 0 Å². The van der Waals surface area contributed by atoms with Gasteiger partial charge in [0.2, 0.25) is 0 Å². The molecule has 0 N–H and O–H groups in total. The van der Waals surface area contributed by atoms with Gasteiger partial charge in [-0.25, -0.2) is 13.8 Å². The topological polar surface area (TPSA) is 33.2 Å². The van der Waals surface area contributed by atoms with E-state index in [1.54, 1.807) is 16.7 Å². The number of carbonyl (C=O) groups is 1. The lowest BCUT2D eigenvalue weighted by Gasteiger charge is -2.19. The van der Waals surface area contributed by atoms with Gasteiger partial charge >= 0.3 is 0 Å². The van der Waals surface area contributed by atoms with E-state index in [2.05, 4.69) is 4.98 Å². The average Bonchev–Trinajstić information content (AvgIpc) is 2.93. The Balaban J connectivity index is 1.51. The molecule has 2 aromatic carbocycles. The fourth-order valence-electron chi connectivity index (χ4n) is 3.08. The fraction of sp³-hybridized carbons (Fsp3) is 0.263. The fourth-order valence-corrected chi connectivity index (χ4v) is 5.26. The zero-order valence-electron chi connectivity index (χ0n) is 13.8. The van der Waals surface area contributed by atoms with Crippen LogP contribution >= 0.6 is 23.1 Å². The number of benzene rings is 2. The van der Waals surface area contributed by atoms with Crippen LogP contribution in [0.5, 0.6) is 0 Å². The standard InChI is InChI=1S/C19H16F2N2OS2/c20-12-5-6-14(21)13(11-12)16-7-8-23(9-10-25-16)19(24)18-22-15-3-1-2-4-17(15)26-18/h1-6,11,16H,7-10H2/t16-/m0/s1. The van der Waals surface area contributed by atoms with E-state index < -0.39 is 11.6 Å². The van der Waals surface area contributed by atoms with E-state index in [-0.39, 0.29) is 11.2 Å². The first-order chi connectivity index (χ1) is 12.6. The third-order valence-corrected chi connectivity index (χ3v) is 6.75. The number of amides is 1. The van der Waals surface area contributed by atoms with E-state index in [0.29, 0.717) is 35.8 Å². The van der Waals surface area contributed by atoms with Crippen molar-refractivity contribution in [2.24, 2.45) is 0 Å². The Labute approximate surface area is 158 Å². The van der Waals surface area contributed by atoms with Gasteiger partial charge < -0.3 is 4.90 Å². The van der Waals surface area contributed by atoms with Gasteiger partial charge in [0.05, 0.1) is 10.2 Å². The van der Waals surface area contributed by atoms with Gasteiger partial charge in [0, 0.05) is 29.7 Å². The van der Waals surface area contributed by atoms with Gasteiger partial charge in [-0.2, -0.15) is 11.8 Å². The van der Waals surface area contributed by atoms with Crippen molar-refractivity contribution in [3.8, 4) is 0 Å². The van der Waals surface area contributed by atoms with Gasteiger partial charge in [-0.05, 0) is 36.8 Å². The monoisotopic (exact) mass is 390 g/mol. The molecule has 1 saturated heterocycles. The van der Waals surface area contributed by atoms with Crippen LogP contribution in [0.25, 0.3) is 10.2 Å². The molecule has 0 aliphatic carbocycles. The van der Waals surface area contributed by atoms with Crippen LogP contribution in [-0.2, 0) is 0 Å². The number of fused-ring (bicyclic) bond motifs is 1. The molecule has 0 spiro atoms.